The lowest BCUT2D eigenvalue weighted by Gasteiger charge is -2.06. The second-order valence-electron chi connectivity index (χ2n) is 4.45. The summed E-state index contributed by atoms with van der Waals surface area (Å²) in [5.41, 5.74) is 6.79. The third-order valence-electron chi connectivity index (χ3n) is 3.00. The Morgan fingerprint density at radius 3 is 2.62 bits per heavy atom. The predicted molar refractivity (Wildman–Crippen MR) is 78.5 cm³/mol. The molecule has 0 aliphatic rings. The van der Waals surface area contributed by atoms with Gasteiger partial charge in [0.1, 0.15) is 5.75 Å². The lowest BCUT2D eigenvalue weighted by atomic mass is 10.2. The highest BCUT2D eigenvalue weighted by atomic mass is 16.5. The maximum atomic E-state index is 11.5. The third kappa shape index (κ3) is 2.53. The number of ether oxygens (including phenoxy) is 2. The largest absolute Gasteiger partial charge is 0.463 e. The zero-order valence-electron chi connectivity index (χ0n) is 11.3. The monoisotopic (exact) mass is 283 g/mol. The molecule has 2 aromatic carbocycles. The number of carbonyl (C=O) groups is 1. The van der Waals surface area contributed by atoms with Gasteiger partial charge in [0, 0.05) is 11.1 Å². The summed E-state index contributed by atoms with van der Waals surface area (Å²) in [5.74, 6) is 0.769. The number of rotatable bonds is 3. The molecule has 0 atom stereocenters. The number of methoxy groups -OCH3 is 1. The Morgan fingerprint density at radius 1 is 1.14 bits per heavy atom. The van der Waals surface area contributed by atoms with Crippen molar-refractivity contribution in [2.45, 2.75) is 0 Å². The fourth-order valence-corrected chi connectivity index (χ4v) is 1.98. The summed E-state index contributed by atoms with van der Waals surface area (Å²) in [6.07, 6.45) is 0. The molecule has 0 unspecified atom stereocenters. The molecule has 0 saturated heterocycles. The second-order valence-corrected chi connectivity index (χ2v) is 4.45. The average molecular weight is 283 g/mol. The normalized spacial score (nSPS) is 10.5. The van der Waals surface area contributed by atoms with Crippen LogP contribution in [0.15, 0.2) is 52.9 Å². The predicted octanol–water partition coefficient (Wildman–Crippen LogP) is 3.59. The minimum atomic E-state index is -0.523. The molecule has 5 heteroatoms. The summed E-state index contributed by atoms with van der Waals surface area (Å²) in [4.78, 5) is 11.5. The van der Waals surface area contributed by atoms with Crippen LogP contribution in [0.5, 0.6) is 11.5 Å². The van der Waals surface area contributed by atoms with E-state index in [0.717, 1.165) is 5.39 Å². The van der Waals surface area contributed by atoms with Gasteiger partial charge >= 0.3 is 5.97 Å². The molecule has 0 amide bonds. The molecule has 0 radical (unpaired) electrons. The van der Waals surface area contributed by atoms with Crippen LogP contribution in [0.25, 0.3) is 11.0 Å². The fourth-order valence-electron chi connectivity index (χ4n) is 1.98. The van der Waals surface area contributed by atoms with E-state index < -0.39 is 5.97 Å². The molecule has 0 aliphatic heterocycles. The maximum Gasteiger partial charge on any atom is 0.373 e. The van der Waals surface area contributed by atoms with E-state index in [2.05, 4.69) is 4.74 Å². The molecular formula is C16H13NO4. The third-order valence-corrected chi connectivity index (χ3v) is 3.00. The molecule has 1 aromatic heterocycles. The van der Waals surface area contributed by atoms with Gasteiger partial charge in [0.05, 0.1) is 7.11 Å². The number of carbonyl (C=O) groups excluding carboxylic acids is 1. The minimum absolute atomic E-state index is 0.140. The van der Waals surface area contributed by atoms with Gasteiger partial charge in [0.2, 0.25) is 5.76 Å². The number of nitrogens with two attached hydrogens (primary N) is 1. The highest BCUT2D eigenvalue weighted by molar-refractivity contribution is 5.94. The van der Waals surface area contributed by atoms with Gasteiger partial charge in [-0.15, -0.1) is 0 Å². The minimum Gasteiger partial charge on any atom is -0.463 e. The topological polar surface area (TPSA) is 74.7 Å². The number of hydrogen-bond acceptors (Lipinski definition) is 5. The lowest BCUT2D eigenvalue weighted by molar-refractivity contribution is 0.0567. The van der Waals surface area contributed by atoms with Crippen molar-refractivity contribution in [2.75, 3.05) is 12.8 Å². The summed E-state index contributed by atoms with van der Waals surface area (Å²) in [5, 5.41) is 0.767. The number of anilines is 1. The van der Waals surface area contributed by atoms with Gasteiger partial charge in [0.15, 0.2) is 11.3 Å². The standard InChI is InChI=1S/C16H13NO4/c1-19-16(18)14-9-10-3-2-4-13(15(10)21-14)20-12-7-5-11(17)6-8-12/h2-9H,17H2,1H3. The maximum absolute atomic E-state index is 11.5. The van der Waals surface area contributed by atoms with Crippen LogP contribution in [0.1, 0.15) is 10.6 Å². The summed E-state index contributed by atoms with van der Waals surface area (Å²) in [6.45, 7) is 0. The number of para-hydroxylation sites is 1. The Bertz CT molecular complexity index is 790. The number of furan rings is 1. The van der Waals surface area contributed by atoms with Crippen LogP contribution >= 0.6 is 0 Å². The van der Waals surface area contributed by atoms with E-state index in [-0.39, 0.29) is 5.76 Å². The molecule has 0 fully saturated rings. The Balaban J connectivity index is 2.00. The van der Waals surface area contributed by atoms with E-state index in [9.17, 15) is 4.79 Å². The van der Waals surface area contributed by atoms with Crippen molar-refractivity contribution in [3.05, 3.63) is 54.3 Å². The van der Waals surface area contributed by atoms with Crippen molar-refractivity contribution in [1.29, 1.82) is 0 Å². The van der Waals surface area contributed by atoms with Crippen molar-refractivity contribution in [3.63, 3.8) is 0 Å². The number of fused-ring (bicyclic) bond motifs is 1. The molecule has 5 nitrogen and oxygen atoms in total. The van der Waals surface area contributed by atoms with E-state index in [4.69, 9.17) is 14.9 Å². The molecule has 0 bridgehead atoms. The molecule has 0 spiro atoms. The Morgan fingerprint density at radius 2 is 1.90 bits per heavy atom. The second kappa shape index (κ2) is 5.20. The number of benzene rings is 2. The molecule has 2 N–H and O–H groups in total. The molecule has 0 saturated carbocycles. The summed E-state index contributed by atoms with van der Waals surface area (Å²) in [6, 6.07) is 14.1. The van der Waals surface area contributed by atoms with Crippen LogP contribution < -0.4 is 10.5 Å². The van der Waals surface area contributed by atoms with Crippen molar-refractivity contribution < 1.29 is 18.7 Å². The molecule has 106 valence electrons. The Hall–Kier alpha value is -2.95. The van der Waals surface area contributed by atoms with Gasteiger partial charge in [-0.3, -0.25) is 0 Å². The molecule has 0 aliphatic carbocycles. The van der Waals surface area contributed by atoms with Gasteiger partial charge in [0.25, 0.3) is 0 Å². The van der Waals surface area contributed by atoms with Gasteiger partial charge in [-0.05, 0) is 36.4 Å². The first kappa shape index (κ1) is 13.1. The smallest absolute Gasteiger partial charge is 0.373 e. The van der Waals surface area contributed by atoms with E-state index in [1.54, 1.807) is 36.4 Å². The average Bonchev–Trinajstić information content (AvgIpc) is 2.94. The van der Waals surface area contributed by atoms with Crippen LogP contribution in [-0.2, 0) is 4.74 Å². The van der Waals surface area contributed by atoms with Crippen molar-refractivity contribution in [2.24, 2.45) is 0 Å². The highest BCUT2D eigenvalue weighted by Crippen LogP contribution is 2.32. The molecule has 3 rings (SSSR count). The van der Waals surface area contributed by atoms with Crippen LogP contribution in [0.4, 0.5) is 5.69 Å². The molecular weight excluding hydrogens is 270 g/mol. The van der Waals surface area contributed by atoms with E-state index in [1.165, 1.54) is 7.11 Å². The Kier molecular flexibility index (Phi) is 3.23. The molecule has 21 heavy (non-hydrogen) atoms. The zero-order valence-corrected chi connectivity index (χ0v) is 11.3. The summed E-state index contributed by atoms with van der Waals surface area (Å²) in [7, 11) is 1.31. The van der Waals surface area contributed by atoms with Gasteiger partial charge < -0.3 is 19.6 Å². The number of nitrogen functional groups attached to an aromatic ring is 1. The first-order valence-corrected chi connectivity index (χ1v) is 6.31. The first-order valence-electron chi connectivity index (χ1n) is 6.31. The Labute approximate surface area is 120 Å². The first-order chi connectivity index (χ1) is 10.2. The van der Waals surface area contributed by atoms with Crippen molar-refractivity contribution >= 4 is 22.6 Å². The van der Waals surface area contributed by atoms with Gasteiger partial charge in [-0.1, -0.05) is 12.1 Å². The van der Waals surface area contributed by atoms with Gasteiger partial charge in [-0.25, -0.2) is 4.79 Å². The quantitative estimate of drug-likeness (QED) is 0.587. The number of hydrogen-bond donors (Lipinski definition) is 1. The van der Waals surface area contributed by atoms with E-state index in [0.29, 0.717) is 22.8 Å². The molecule has 3 aromatic rings. The zero-order chi connectivity index (χ0) is 14.8. The van der Waals surface area contributed by atoms with Gasteiger partial charge in [-0.2, -0.15) is 0 Å². The molecule has 1 heterocycles. The van der Waals surface area contributed by atoms with E-state index >= 15 is 0 Å². The van der Waals surface area contributed by atoms with Crippen LogP contribution in [0.2, 0.25) is 0 Å². The van der Waals surface area contributed by atoms with Crippen LogP contribution in [0.3, 0.4) is 0 Å². The van der Waals surface area contributed by atoms with Crippen LogP contribution in [-0.4, -0.2) is 13.1 Å². The van der Waals surface area contributed by atoms with Crippen molar-refractivity contribution in [3.8, 4) is 11.5 Å². The summed E-state index contributed by atoms with van der Waals surface area (Å²) < 4.78 is 15.9. The summed E-state index contributed by atoms with van der Waals surface area (Å²) >= 11 is 0. The SMILES string of the molecule is COC(=O)c1cc2cccc(Oc3ccc(N)cc3)c2o1. The number of esters is 1. The van der Waals surface area contributed by atoms with E-state index in [1.807, 2.05) is 12.1 Å². The van der Waals surface area contributed by atoms with Crippen LogP contribution in [0, 0.1) is 0 Å². The fraction of sp³-hybridized carbons (Fsp3) is 0.0625. The van der Waals surface area contributed by atoms with Crippen molar-refractivity contribution in [1.82, 2.24) is 0 Å². The lowest BCUT2D eigenvalue weighted by Crippen LogP contribution is -1.97. The highest BCUT2D eigenvalue weighted by Gasteiger charge is 2.15.